The van der Waals surface area contributed by atoms with Gasteiger partial charge in [0.2, 0.25) is 0 Å². The predicted molar refractivity (Wildman–Crippen MR) is 106 cm³/mol. The van der Waals surface area contributed by atoms with E-state index in [0.717, 1.165) is 29.1 Å². The molecule has 0 atom stereocenters. The van der Waals surface area contributed by atoms with Crippen LogP contribution >= 0.6 is 24.0 Å². The van der Waals surface area contributed by atoms with Crippen molar-refractivity contribution in [1.82, 2.24) is 0 Å². The lowest BCUT2D eigenvalue weighted by atomic mass is 10.1. The lowest BCUT2D eigenvalue weighted by Crippen LogP contribution is -2.27. The number of carboxylic acids is 1. The van der Waals surface area contributed by atoms with Gasteiger partial charge in [-0.05, 0) is 48.9 Å². The second kappa shape index (κ2) is 7.81. The molecule has 3 rings (SSSR count). The largest absolute Gasteiger partial charge is 0.872 e. The fourth-order valence-electron chi connectivity index (χ4n) is 2.50. The van der Waals surface area contributed by atoms with Crippen LogP contribution in [0.25, 0.3) is 6.08 Å². The van der Waals surface area contributed by atoms with E-state index in [1.165, 1.54) is 17.0 Å². The third-order valence-electron chi connectivity index (χ3n) is 3.74. The maximum atomic E-state index is 12.7. The molecule has 1 saturated heterocycles. The van der Waals surface area contributed by atoms with Gasteiger partial charge in [-0.2, -0.15) is 0 Å². The molecular formula is C19H14NO5S2-. The van der Waals surface area contributed by atoms with Gasteiger partial charge in [-0.3, -0.25) is 9.69 Å². The highest BCUT2D eigenvalue weighted by Crippen LogP contribution is 2.37. The van der Waals surface area contributed by atoms with Crippen molar-refractivity contribution >= 4 is 51.9 Å². The van der Waals surface area contributed by atoms with Gasteiger partial charge in [-0.15, -0.1) is 0 Å². The molecule has 1 N–H and O–H groups in total. The van der Waals surface area contributed by atoms with Crippen LogP contribution < -0.4 is 14.7 Å². The molecular weight excluding hydrogens is 386 g/mol. The van der Waals surface area contributed by atoms with Crippen molar-refractivity contribution in [2.45, 2.75) is 6.92 Å². The molecule has 1 aliphatic heterocycles. The van der Waals surface area contributed by atoms with Crippen LogP contribution in [0, 0.1) is 0 Å². The lowest BCUT2D eigenvalue weighted by molar-refractivity contribution is -0.268. The Hall–Kier alpha value is -2.84. The molecule has 27 heavy (non-hydrogen) atoms. The predicted octanol–water partition coefficient (Wildman–Crippen LogP) is 3.26. The molecule has 1 fully saturated rings. The summed E-state index contributed by atoms with van der Waals surface area (Å²) in [6.07, 6.45) is 1.71. The van der Waals surface area contributed by atoms with Crippen LogP contribution in [-0.4, -0.2) is 27.9 Å². The van der Waals surface area contributed by atoms with Crippen LogP contribution in [0.2, 0.25) is 0 Å². The van der Waals surface area contributed by atoms with E-state index in [4.69, 9.17) is 22.1 Å². The Morgan fingerprint density at radius 3 is 2.59 bits per heavy atom. The number of aromatic carboxylic acids is 1. The maximum Gasteiger partial charge on any atom is 0.335 e. The minimum Gasteiger partial charge on any atom is -0.872 e. The van der Waals surface area contributed by atoms with E-state index in [1.54, 1.807) is 6.08 Å². The summed E-state index contributed by atoms with van der Waals surface area (Å²) in [5.74, 6) is -1.61. The number of amides is 1. The molecule has 0 aliphatic carbocycles. The number of anilines is 1. The van der Waals surface area contributed by atoms with Crippen molar-refractivity contribution < 1.29 is 24.5 Å². The summed E-state index contributed by atoms with van der Waals surface area (Å²) < 4.78 is 5.67. The quantitative estimate of drug-likeness (QED) is 0.608. The molecule has 0 aromatic heterocycles. The van der Waals surface area contributed by atoms with Crippen molar-refractivity contribution in [2.24, 2.45) is 0 Å². The zero-order valence-corrected chi connectivity index (χ0v) is 15.8. The highest BCUT2D eigenvalue weighted by atomic mass is 32.2. The van der Waals surface area contributed by atoms with Gasteiger partial charge < -0.3 is 14.9 Å². The van der Waals surface area contributed by atoms with Gasteiger partial charge in [-0.25, -0.2) is 4.79 Å². The Morgan fingerprint density at radius 2 is 2.00 bits per heavy atom. The number of thiocarbonyl (C=S) groups is 1. The molecule has 0 bridgehead atoms. The maximum absolute atomic E-state index is 12.7. The Kier molecular flexibility index (Phi) is 5.48. The van der Waals surface area contributed by atoms with Crippen LogP contribution in [0.5, 0.6) is 11.5 Å². The fraction of sp³-hybridized carbons (Fsp3) is 0.105. The summed E-state index contributed by atoms with van der Waals surface area (Å²) in [5, 5.41) is 20.9. The van der Waals surface area contributed by atoms with Gasteiger partial charge in [0.05, 0.1) is 22.8 Å². The topological polar surface area (TPSA) is 89.9 Å². The van der Waals surface area contributed by atoms with Crippen molar-refractivity contribution in [3.63, 3.8) is 0 Å². The van der Waals surface area contributed by atoms with Gasteiger partial charge in [0, 0.05) is 0 Å². The number of carboxylic acid groups (broad SMARTS) is 1. The number of nitrogens with zero attached hydrogens (tertiary/aromatic N) is 1. The number of hydrogen-bond acceptors (Lipinski definition) is 6. The molecule has 0 unspecified atom stereocenters. The van der Waals surface area contributed by atoms with Crippen molar-refractivity contribution in [2.75, 3.05) is 11.5 Å². The number of rotatable bonds is 5. The summed E-state index contributed by atoms with van der Waals surface area (Å²) in [4.78, 5) is 25.3. The summed E-state index contributed by atoms with van der Waals surface area (Å²) in [6, 6.07) is 11.0. The van der Waals surface area contributed by atoms with E-state index in [9.17, 15) is 14.7 Å². The second-order valence-corrected chi connectivity index (χ2v) is 7.18. The Bertz CT molecular complexity index is 953. The Balaban J connectivity index is 1.86. The Labute approximate surface area is 165 Å². The highest BCUT2D eigenvalue weighted by molar-refractivity contribution is 8.27. The van der Waals surface area contributed by atoms with E-state index in [2.05, 4.69) is 0 Å². The van der Waals surface area contributed by atoms with Gasteiger partial charge in [-0.1, -0.05) is 41.9 Å². The number of benzene rings is 2. The summed E-state index contributed by atoms with van der Waals surface area (Å²) in [5.41, 5.74) is 0.710. The second-order valence-electron chi connectivity index (χ2n) is 5.50. The highest BCUT2D eigenvalue weighted by Gasteiger charge is 2.33. The molecule has 0 saturated carbocycles. The van der Waals surface area contributed by atoms with Crippen LogP contribution in [-0.2, 0) is 4.79 Å². The summed E-state index contributed by atoms with van der Waals surface area (Å²) in [6.45, 7) is 2.47. The fourth-order valence-corrected chi connectivity index (χ4v) is 3.79. The van der Waals surface area contributed by atoms with Crippen molar-refractivity contribution in [3.05, 3.63) is 58.5 Å². The number of carbonyl (C=O) groups is 2. The summed E-state index contributed by atoms with van der Waals surface area (Å²) >= 11 is 6.39. The first-order valence-electron chi connectivity index (χ1n) is 7.96. The molecule has 2 aromatic rings. The zero-order chi connectivity index (χ0) is 19.6. The third-order valence-corrected chi connectivity index (χ3v) is 5.04. The summed E-state index contributed by atoms with van der Waals surface area (Å²) in [7, 11) is 0. The van der Waals surface area contributed by atoms with Gasteiger partial charge in [0.15, 0.2) is 4.32 Å². The first-order chi connectivity index (χ1) is 12.9. The van der Waals surface area contributed by atoms with Crippen LogP contribution in [0.15, 0.2) is 47.4 Å². The van der Waals surface area contributed by atoms with Crippen LogP contribution in [0.3, 0.4) is 0 Å². The van der Waals surface area contributed by atoms with E-state index in [1.807, 2.05) is 31.2 Å². The lowest BCUT2D eigenvalue weighted by Gasteiger charge is -2.18. The molecule has 1 heterocycles. The van der Waals surface area contributed by atoms with Gasteiger partial charge in [0.1, 0.15) is 5.75 Å². The molecule has 1 aliphatic rings. The molecule has 0 radical (unpaired) electrons. The van der Waals surface area contributed by atoms with Crippen molar-refractivity contribution in [3.8, 4) is 11.5 Å². The van der Waals surface area contributed by atoms with Gasteiger partial charge >= 0.3 is 5.97 Å². The number of thioether (sulfide) groups is 1. The number of carbonyl (C=O) groups excluding carboxylic acids is 1. The monoisotopic (exact) mass is 400 g/mol. The number of ether oxygens (including phenoxy) is 1. The molecule has 8 heteroatoms. The average molecular weight is 400 g/mol. The minimum absolute atomic E-state index is 0.252. The van der Waals surface area contributed by atoms with Gasteiger partial charge in [0.25, 0.3) is 5.91 Å². The zero-order valence-electron chi connectivity index (χ0n) is 14.2. The molecule has 138 valence electrons. The molecule has 1 amide bonds. The molecule has 6 nitrogen and oxygen atoms in total. The third kappa shape index (κ3) is 3.96. The van der Waals surface area contributed by atoms with Crippen molar-refractivity contribution in [1.29, 1.82) is 0 Å². The smallest absolute Gasteiger partial charge is 0.335 e. The van der Waals surface area contributed by atoms with E-state index >= 15 is 0 Å². The van der Waals surface area contributed by atoms with E-state index in [0.29, 0.717) is 11.5 Å². The first kappa shape index (κ1) is 18.9. The normalized spacial score (nSPS) is 15.4. The van der Waals surface area contributed by atoms with Crippen LogP contribution in [0.1, 0.15) is 22.8 Å². The van der Waals surface area contributed by atoms with Crippen LogP contribution in [0.4, 0.5) is 5.69 Å². The first-order valence-corrected chi connectivity index (χ1v) is 9.18. The standard InChI is InChI=1S/C19H15NO5S2/c1-2-25-13-6-3-11(4-7-13)9-16-17(22)20(19(26)27-16)12-5-8-14(18(23)24)15(21)10-12/h3-10,21H,2H2,1H3,(H,23,24)/p-1/b16-9-. The molecule has 2 aromatic carbocycles. The minimum atomic E-state index is -1.31. The Morgan fingerprint density at radius 1 is 1.30 bits per heavy atom. The number of hydrogen-bond donors (Lipinski definition) is 1. The van der Waals surface area contributed by atoms with E-state index in [-0.39, 0.29) is 21.5 Å². The average Bonchev–Trinajstić information content (AvgIpc) is 2.90. The molecule has 0 spiro atoms. The van der Waals surface area contributed by atoms with E-state index < -0.39 is 11.7 Å². The SMILES string of the molecule is CCOc1ccc(/C=C2\SC(=S)N(c3ccc(C(=O)O)c([O-])c3)C2=O)cc1.